The molecule has 1 aliphatic rings. The van der Waals surface area contributed by atoms with Crippen molar-refractivity contribution in [2.75, 3.05) is 13.7 Å². The average molecular weight is 364 g/mol. The summed E-state index contributed by atoms with van der Waals surface area (Å²) >= 11 is 12.3. The summed E-state index contributed by atoms with van der Waals surface area (Å²) in [6, 6.07) is 9.29. The number of aromatic nitrogens is 1. The second kappa shape index (κ2) is 5.88. The van der Waals surface area contributed by atoms with Gasteiger partial charge in [-0.2, -0.15) is 0 Å². The first-order valence-electron chi connectivity index (χ1n) is 7.78. The molecule has 0 radical (unpaired) electrons. The van der Waals surface area contributed by atoms with Gasteiger partial charge in [0.1, 0.15) is 11.5 Å². The van der Waals surface area contributed by atoms with E-state index in [0.29, 0.717) is 5.02 Å². The standard InChI is InChI=1S/C18H16Cl2N2O2/c1-24-10-2-3-15-12(8-10)11-4-5-21-16(17(11)22-15)13-6-9(19)7-14(20)18(13)23/h2-3,6-8,16,21-23H,4-5H2,1H3/p+1/t16-/m1/s1. The Hall–Kier alpha value is -1.88. The third-order valence-corrected chi connectivity index (χ3v) is 5.15. The summed E-state index contributed by atoms with van der Waals surface area (Å²) in [6.45, 7) is 0.922. The van der Waals surface area contributed by atoms with Crippen molar-refractivity contribution in [3.05, 3.63) is 57.2 Å². The maximum absolute atomic E-state index is 10.4. The van der Waals surface area contributed by atoms with Gasteiger partial charge in [-0.05, 0) is 35.9 Å². The zero-order chi connectivity index (χ0) is 16.8. The summed E-state index contributed by atoms with van der Waals surface area (Å²) in [6.07, 6.45) is 0.952. The van der Waals surface area contributed by atoms with Crippen molar-refractivity contribution in [2.24, 2.45) is 0 Å². The third-order valence-electron chi connectivity index (χ3n) is 4.65. The Labute approximate surface area is 149 Å². The third kappa shape index (κ3) is 2.42. The Balaban J connectivity index is 1.91. The van der Waals surface area contributed by atoms with Crippen molar-refractivity contribution in [1.82, 2.24) is 4.98 Å². The minimum Gasteiger partial charge on any atom is -0.506 e. The molecule has 4 rings (SSSR count). The predicted octanol–water partition coefficient (Wildman–Crippen LogP) is 3.40. The molecule has 0 spiro atoms. The summed E-state index contributed by atoms with van der Waals surface area (Å²) in [5, 5.41) is 14.6. The highest BCUT2D eigenvalue weighted by atomic mass is 35.5. The van der Waals surface area contributed by atoms with Crippen molar-refractivity contribution >= 4 is 34.1 Å². The van der Waals surface area contributed by atoms with Crippen LogP contribution in [0.25, 0.3) is 10.9 Å². The Morgan fingerprint density at radius 1 is 1.25 bits per heavy atom. The number of methoxy groups -OCH3 is 1. The normalized spacial score (nSPS) is 17.0. The molecule has 124 valence electrons. The number of benzene rings is 2. The quantitative estimate of drug-likeness (QED) is 0.653. The van der Waals surface area contributed by atoms with E-state index in [1.54, 1.807) is 19.2 Å². The van der Waals surface area contributed by atoms with Gasteiger partial charge in [0.2, 0.25) is 0 Å². The molecular weight excluding hydrogens is 347 g/mol. The number of phenols is 1. The lowest BCUT2D eigenvalue weighted by atomic mass is 9.94. The first-order chi connectivity index (χ1) is 11.6. The van der Waals surface area contributed by atoms with Crippen LogP contribution in [-0.4, -0.2) is 23.7 Å². The van der Waals surface area contributed by atoms with E-state index in [9.17, 15) is 5.11 Å². The molecule has 1 aliphatic heterocycles. The largest absolute Gasteiger partial charge is 0.506 e. The lowest BCUT2D eigenvalue weighted by molar-refractivity contribution is -0.690. The van der Waals surface area contributed by atoms with Crippen LogP contribution in [0.3, 0.4) is 0 Å². The Kier molecular flexibility index (Phi) is 3.83. The van der Waals surface area contributed by atoms with Gasteiger partial charge in [-0.15, -0.1) is 0 Å². The molecule has 1 atom stereocenters. The summed E-state index contributed by atoms with van der Waals surface area (Å²) < 4.78 is 5.35. The van der Waals surface area contributed by atoms with Gasteiger partial charge in [0.25, 0.3) is 0 Å². The SMILES string of the molecule is COc1ccc2[nH]c3c(c2c1)CC[NH2+][C@@H]3c1cc(Cl)cc(Cl)c1O. The van der Waals surface area contributed by atoms with Gasteiger partial charge in [-0.1, -0.05) is 23.2 Å². The van der Waals surface area contributed by atoms with Crippen molar-refractivity contribution in [2.45, 2.75) is 12.5 Å². The highest BCUT2D eigenvalue weighted by molar-refractivity contribution is 6.35. The van der Waals surface area contributed by atoms with E-state index in [1.165, 1.54) is 5.56 Å². The van der Waals surface area contributed by atoms with Gasteiger partial charge in [-0.25, -0.2) is 0 Å². The van der Waals surface area contributed by atoms with E-state index in [-0.39, 0.29) is 16.8 Å². The zero-order valence-corrected chi connectivity index (χ0v) is 14.6. The minimum atomic E-state index is -0.0663. The highest BCUT2D eigenvalue weighted by Crippen LogP contribution is 2.39. The number of H-pyrrole nitrogens is 1. The van der Waals surface area contributed by atoms with Crippen LogP contribution in [0, 0.1) is 0 Å². The fourth-order valence-corrected chi connectivity index (χ4v) is 4.04. The molecular formula is C18H17Cl2N2O2+. The van der Waals surface area contributed by atoms with Crippen LogP contribution >= 0.6 is 23.2 Å². The molecule has 0 amide bonds. The molecule has 0 fully saturated rings. The lowest BCUT2D eigenvalue weighted by Gasteiger charge is -2.22. The molecule has 0 aliphatic carbocycles. The minimum absolute atomic E-state index is 0.0663. The maximum Gasteiger partial charge on any atom is 0.156 e. The second-order valence-corrected chi connectivity index (χ2v) is 6.85. The van der Waals surface area contributed by atoms with E-state index in [2.05, 4.69) is 16.4 Å². The number of fused-ring (bicyclic) bond motifs is 3. The van der Waals surface area contributed by atoms with Gasteiger partial charge in [-0.3, -0.25) is 0 Å². The molecule has 0 unspecified atom stereocenters. The number of hydrogen-bond acceptors (Lipinski definition) is 2. The summed E-state index contributed by atoms with van der Waals surface area (Å²) in [5.41, 5.74) is 4.13. The number of quaternary nitrogens is 1. The summed E-state index contributed by atoms with van der Waals surface area (Å²) in [7, 11) is 1.67. The second-order valence-electron chi connectivity index (χ2n) is 6.01. The fraction of sp³-hybridized carbons (Fsp3) is 0.222. The molecule has 24 heavy (non-hydrogen) atoms. The molecule has 1 aromatic heterocycles. The molecule has 0 bridgehead atoms. The summed E-state index contributed by atoms with van der Waals surface area (Å²) in [4.78, 5) is 3.50. The Bertz CT molecular complexity index is 936. The Morgan fingerprint density at radius 2 is 2.08 bits per heavy atom. The monoisotopic (exact) mass is 363 g/mol. The van der Waals surface area contributed by atoms with E-state index in [4.69, 9.17) is 27.9 Å². The fourth-order valence-electron chi connectivity index (χ4n) is 3.53. The lowest BCUT2D eigenvalue weighted by Crippen LogP contribution is -2.87. The van der Waals surface area contributed by atoms with Crippen LogP contribution in [0.2, 0.25) is 10.0 Å². The number of aromatic amines is 1. The van der Waals surface area contributed by atoms with E-state index in [1.807, 2.05) is 12.1 Å². The van der Waals surface area contributed by atoms with Gasteiger partial charge >= 0.3 is 0 Å². The van der Waals surface area contributed by atoms with E-state index in [0.717, 1.165) is 40.9 Å². The molecule has 0 saturated carbocycles. The van der Waals surface area contributed by atoms with Crippen LogP contribution in [0.15, 0.2) is 30.3 Å². The van der Waals surface area contributed by atoms with Crippen LogP contribution in [0.5, 0.6) is 11.5 Å². The molecule has 0 saturated heterocycles. The van der Waals surface area contributed by atoms with Crippen molar-refractivity contribution in [3.8, 4) is 11.5 Å². The molecule has 6 heteroatoms. The first-order valence-corrected chi connectivity index (χ1v) is 8.54. The molecule has 2 heterocycles. The topological polar surface area (TPSA) is 61.9 Å². The number of nitrogens with one attached hydrogen (secondary N) is 1. The predicted molar refractivity (Wildman–Crippen MR) is 95.3 cm³/mol. The van der Waals surface area contributed by atoms with Crippen LogP contribution in [0.4, 0.5) is 0 Å². The molecule has 3 aromatic rings. The number of ether oxygens (including phenoxy) is 1. The highest BCUT2D eigenvalue weighted by Gasteiger charge is 2.31. The molecule has 4 N–H and O–H groups in total. The van der Waals surface area contributed by atoms with Crippen molar-refractivity contribution in [1.29, 1.82) is 0 Å². The first kappa shape index (κ1) is 15.6. The van der Waals surface area contributed by atoms with Gasteiger partial charge in [0.15, 0.2) is 6.04 Å². The van der Waals surface area contributed by atoms with Gasteiger partial charge < -0.3 is 20.1 Å². The van der Waals surface area contributed by atoms with Crippen molar-refractivity contribution < 1.29 is 15.2 Å². The number of halogens is 2. The molecule has 2 aromatic carbocycles. The summed E-state index contributed by atoms with van der Waals surface area (Å²) in [5.74, 6) is 0.926. The van der Waals surface area contributed by atoms with Gasteiger partial charge in [0.05, 0.1) is 29.9 Å². The number of rotatable bonds is 2. The molecule has 4 nitrogen and oxygen atoms in total. The van der Waals surface area contributed by atoms with E-state index < -0.39 is 0 Å². The number of nitrogens with two attached hydrogens (primary N) is 1. The van der Waals surface area contributed by atoms with Crippen LogP contribution in [0.1, 0.15) is 22.9 Å². The smallest absolute Gasteiger partial charge is 0.156 e. The van der Waals surface area contributed by atoms with Crippen LogP contribution in [-0.2, 0) is 6.42 Å². The Morgan fingerprint density at radius 3 is 2.88 bits per heavy atom. The number of hydrogen-bond donors (Lipinski definition) is 3. The van der Waals surface area contributed by atoms with E-state index >= 15 is 0 Å². The number of phenolic OH excluding ortho intramolecular Hbond substituents is 1. The maximum atomic E-state index is 10.4. The van der Waals surface area contributed by atoms with Crippen molar-refractivity contribution in [3.63, 3.8) is 0 Å². The average Bonchev–Trinajstić information content (AvgIpc) is 2.96. The number of aromatic hydroxyl groups is 1. The zero-order valence-electron chi connectivity index (χ0n) is 13.1. The van der Waals surface area contributed by atoms with Crippen LogP contribution < -0.4 is 10.1 Å². The van der Waals surface area contributed by atoms with Gasteiger partial charge in [0, 0.05) is 22.3 Å².